The van der Waals surface area contributed by atoms with Gasteiger partial charge in [-0.25, -0.2) is 0 Å². The third-order valence-corrected chi connectivity index (χ3v) is 18.3. The van der Waals surface area contributed by atoms with Gasteiger partial charge in [0, 0.05) is 49.4 Å². The monoisotopic (exact) mass is 831 g/mol. The molecule has 0 radical (unpaired) electrons. The van der Waals surface area contributed by atoms with Crippen molar-refractivity contribution in [2.45, 2.75) is 0 Å². The van der Waals surface area contributed by atoms with E-state index in [1.54, 1.807) is 0 Å². The van der Waals surface area contributed by atoms with E-state index in [9.17, 15) is 0 Å². The highest BCUT2D eigenvalue weighted by molar-refractivity contribution is 7.19. The third kappa shape index (κ3) is 5.27. The van der Waals surface area contributed by atoms with Crippen LogP contribution in [0.2, 0.25) is 0 Å². The molecule has 0 saturated heterocycles. The van der Waals surface area contributed by atoms with E-state index in [4.69, 9.17) is 0 Å². The van der Waals surface area contributed by atoms with Gasteiger partial charge in [-0.2, -0.15) is 0 Å². The van der Waals surface area contributed by atoms with Gasteiger partial charge in [-0.1, -0.05) is 188 Å². The Kier molecular flexibility index (Phi) is 8.23. The van der Waals surface area contributed by atoms with Gasteiger partial charge in [-0.15, -0.1) is 0 Å². The molecule has 3 heterocycles. The van der Waals surface area contributed by atoms with Crippen molar-refractivity contribution in [1.82, 2.24) is 13.7 Å². The van der Waals surface area contributed by atoms with Crippen LogP contribution in [0.3, 0.4) is 0 Å². The zero-order chi connectivity index (χ0) is 42.2. The Hall–Kier alpha value is -8.18. The predicted octanol–water partition coefficient (Wildman–Crippen LogP) is 12.4. The van der Waals surface area contributed by atoms with E-state index in [0.29, 0.717) is 0 Å². The summed E-state index contributed by atoms with van der Waals surface area (Å²) in [6.45, 7) is 0. The molecule has 0 atom stereocenters. The van der Waals surface area contributed by atoms with E-state index in [0.717, 1.165) is 17.1 Å². The van der Waals surface area contributed by atoms with Crippen LogP contribution in [0.1, 0.15) is 0 Å². The summed E-state index contributed by atoms with van der Waals surface area (Å²) in [5, 5.41) is 12.9. The van der Waals surface area contributed by atoms with Gasteiger partial charge >= 0.3 is 0 Å². The minimum Gasteiger partial charge on any atom is -0.309 e. The lowest BCUT2D eigenvalue weighted by atomic mass is 10.1. The van der Waals surface area contributed by atoms with E-state index in [1.165, 1.54) is 86.2 Å². The third-order valence-electron chi connectivity index (χ3n) is 13.6. The minimum atomic E-state index is -2.97. The van der Waals surface area contributed by atoms with Crippen molar-refractivity contribution in [2.75, 3.05) is 0 Å². The average Bonchev–Trinajstić information content (AvgIpc) is 4.02. The van der Waals surface area contributed by atoms with Gasteiger partial charge in [0.2, 0.25) is 0 Å². The maximum absolute atomic E-state index is 2.97. The smallest absolute Gasteiger partial charge is 0.179 e. The number of fused-ring (bicyclic) bond motifs is 10. The van der Waals surface area contributed by atoms with Crippen molar-refractivity contribution in [3.05, 3.63) is 249 Å². The second-order valence-corrected chi connectivity index (χ2v) is 20.7. The average molecular weight is 832 g/mol. The second kappa shape index (κ2) is 14.5. The molecule has 0 spiro atoms. The predicted molar refractivity (Wildman–Crippen MR) is 273 cm³/mol. The zero-order valence-corrected chi connectivity index (χ0v) is 36.0. The van der Waals surface area contributed by atoms with Crippen LogP contribution in [-0.4, -0.2) is 21.8 Å². The molecular weight excluding hydrogens is 791 g/mol. The summed E-state index contributed by atoms with van der Waals surface area (Å²) in [6.07, 6.45) is 0. The normalized spacial score (nSPS) is 12.1. The molecule has 0 amide bonds. The summed E-state index contributed by atoms with van der Waals surface area (Å²) in [5.74, 6) is 0. The van der Waals surface area contributed by atoms with Crippen molar-refractivity contribution < 1.29 is 0 Å². The van der Waals surface area contributed by atoms with Crippen molar-refractivity contribution in [3.63, 3.8) is 0 Å². The second-order valence-electron chi connectivity index (χ2n) is 16.8. The maximum atomic E-state index is 2.54. The zero-order valence-electron chi connectivity index (χ0n) is 35.0. The summed E-state index contributed by atoms with van der Waals surface area (Å²) >= 11 is 0. The molecule has 4 heteroatoms. The first-order chi connectivity index (χ1) is 31.8. The van der Waals surface area contributed by atoms with E-state index in [-0.39, 0.29) is 0 Å². The van der Waals surface area contributed by atoms with Gasteiger partial charge in [-0.3, -0.25) is 0 Å². The summed E-state index contributed by atoms with van der Waals surface area (Å²) in [7, 11) is -2.97. The first-order valence-corrected chi connectivity index (χ1v) is 24.1. The fourth-order valence-corrected chi connectivity index (χ4v) is 15.7. The molecule has 0 saturated carbocycles. The summed E-state index contributed by atoms with van der Waals surface area (Å²) < 4.78 is 7.42. The number of aromatic nitrogens is 3. The highest BCUT2D eigenvalue weighted by atomic mass is 28.3. The van der Waals surface area contributed by atoms with E-state index >= 15 is 0 Å². The molecule has 10 aromatic carbocycles. The van der Waals surface area contributed by atoms with E-state index < -0.39 is 8.07 Å². The van der Waals surface area contributed by atoms with Crippen molar-refractivity contribution in [2.24, 2.45) is 0 Å². The lowest BCUT2D eigenvalue weighted by molar-refractivity contribution is 1.15. The van der Waals surface area contributed by atoms with Crippen LogP contribution in [0, 0.1) is 0 Å². The van der Waals surface area contributed by atoms with E-state index in [1.807, 2.05) is 0 Å². The maximum Gasteiger partial charge on any atom is 0.179 e. The molecular formula is C60H41N3Si. The molecule has 0 aliphatic heterocycles. The topological polar surface area (TPSA) is 14.8 Å². The highest BCUT2D eigenvalue weighted by Gasteiger charge is 2.41. The van der Waals surface area contributed by atoms with Crippen LogP contribution in [0.4, 0.5) is 0 Å². The SMILES string of the molecule is c1ccc(-n2c3ccccc3c3ccc4c5ccccc5n(-c5cccc([Si](c6ccccc6)(c6ccccc6)c6ccc(-n7c8ccccc8c8ccccc87)cc6)c5)c4c32)cc1. The molecule has 64 heavy (non-hydrogen) atoms. The van der Waals surface area contributed by atoms with Gasteiger partial charge in [0.25, 0.3) is 0 Å². The quantitative estimate of drug-likeness (QED) is 0.112. The number of para-hydroxylation sites is 5. The highest BCUT2D eigenvalue weighted by Crippen LogP contribution is 2.41. The molecule has 3 nitrogen and oxygen atoms in total. The largest absolute Gasteiger partial charge is 0.309 e. The molecule has 300 valence electrons. The van der Waals surface area contributed by atoms with Gasteiger partial charge in [0.15, 0.2) is 8.07 Å². The van der Waals surface area contributed by atoms with Gasteiger partial charge in [0.05, 0.1) is 33.1 Å². The van der Waals surface area contributed by atoms with Crippen LogP contribution in [-0.2, 0) is 0 Å². The summed E-state index contributed by atoms with van der Waals surface area (Å²) in [4.78, 5) is 0. The van der Waals surface area contributed by atoms with Gasteiger partial charge in [0.1, 0.15) is 0 Å². The van der Waals surface area contributed by atoms with E-state index in [2.05, 4.69) is 262 Å². The number of hydrogen-bond acceptors (Lipinski definition) is 0. The lowest BCUT2D eigenvalue weighted by Gasteiger charge is -2.35. The molecule has 3 aromatic heterocycles. The Bertz CT molecular complexity index is 3790. The minimum absolute atomic E-state index is 1.15. The summed E-state index contributed by atoms with van der Waals surface area (Å²) in [5.41, 5.74) is 10.7. The molecule has 0 bridgehead atoms. The standard InChI is InChI=1S/C60H41N3Si/c1-4-19-42(20-5-1)62-57-33-16-12-29-51(57)53-39-40-54-52-30-13-17-34-58(52)63(60(54)59(53)62)44-21-18-26-48(41-44)64(45-22-6-2-7-23-45,46-24-8-3-9-25-46)47-37-35-43(36-38-47)61-55-31-14-10-27-49(55)50-28-11-15-32-56(50)61/h1-41H. The van der Waals surface area contributed by atoms with Crippen LogP contribution >= 0.6 is 0 Å². The first-order valence-electron chi connectivity index (χ1n) is 22.1. The molecule has 13 aromatic rings. The Balaban J connectivity index is 1.10. The van der Waals surface area contributed by atoms with Gasteiger partial charge in [-0.05, 0) is 81.4 Å². The van der Waals surface area contributed by atoms with Crippen molar-refractivity contribution in [1.29, 1.82) is 0 Å². The molecule has 0 aliphatic rings. The number of benzene rings is 10. The molecule has 13 rings (SSSR count). The summed E-state index contributed by atoms with van der Waals surface area (Å²) in [6, 6.07) is 92.4. The van der Waals surface area contributed by atoms with Crippen LogP contribution in [0.5, 0.6) is 0 Å². The fraction of sp³-hybridized carbons (Fsp3) is 0. The van der Waals surface area contributed by atoms with Crippen molar-refractivity contribution >= 4 is 94.2 Å². The molecule has 0 unspecified atom stereocenters. The number of hydrogen-bond donors (Lipinski definition) is 0. The molecule has 0 fully saturated rings. The fourth-order valence-electron chi connectivity index (χ4n) is 10.9. The molecule has 0 N–H and O–H groups in total. The van der Waals surface area contributed by atoms with Crippen LogP contribution in [0.25, 0.3) is 82.5 Å². The number of nitrogens with zero attached hydrogens (tertiary/aromatic N) is 3. The Labute approximate surface area is 372 Å². The lowest BCUT2D eigenvalue weighted by Crippen LogP contribution is -2.74. The Morgan fingerprint density at radius 1 is 0.219 bits per heavy atom. The number of rotatable bonds is 7. The van der Waals surface area contributed by atoms with Gasteiger partial charge < -0.3 is 13.7 Å². The Morgan fingerprint density at radius 3 is 1.06 bits per heavy atom. The first kappa shape index (κ1) is 36.5. The van der Waals surface area contributed by atoms with Crippen LogP contribution in [0.15, 0.2) is 249 Å². The Morgan fingerprint density at radius 2 is 0.562 bits per heavy atom. The van der Waals surface area contributed by atoms with Crippen molar-refractivity contribution in [3.8, 4) is 17.1 Å². The molecule has 0 aliphatic carbocycles. The van der Waals surface area contributed by atoms with Crippen LogP contribution < -0.4 is 20.7 Å².